The van der Waals surface area contributed by atoms with E-state index in [0.29, 0.717) is 25.9 Å². The van der Waals surface area contributed by atoms with Gasteiger partial charge < -0.3 is 15.5 Å². The van der Waals surface area contributed by atoms with Gasteiger partial charge in [-0.3, -0.25) is 9.59 Å². The van der Waals surface area contributed by atoms with E-state index in [9.17, 15) is 9.59 Å². The maximum absolute atomic E-state index is 12.8. The summed E-state index contributed by atoms with van der Waals surface area (Å²) in [6, 6.07) is 7.50. The number of carbonyl (C=O) groups is 2. The lowest BCUT2D eigenvalue weighted by Crippen LogP contribution is -2.53. The predicted octanol–water partition coefficient (Wildman–Crippen LogP) is 2.37. The standard InChI is InChI=1S/C17H24BrN3O2.ClH/c1-17(19,13-4-6-14(18)7-5-13)16(23)21-10-8-12(9-11-21)15(22)20(2)3;/h4-7,12H,8-11,19H2,1-3H3;1H. The Labute approximate surface area is 158 Å². The number of rotatable bonds is 3. The minimum absolute atomic E-state index is 0. The Bertz CT molecular complexity index is 582. The largest absolute Gasteiger partial charge is 0.349 e. The summed E-state index contributed by atoms with van der Waals surface area (Å²) in [6.45, 7) is 2.90. The van der Waals surface area contributed by atoms with Crippen LogP contribution in [0.15, 0.2) is 28.7 Å². The molecule has 2 amide bonds. The lowest BCUT2D eigenvalue weighted by Gasteiger charge is -2.37. The normalized spacial score (nSPS) is 17.6. The van der Waals surface area contributed by atoms with Crippen molar-refractivity contribution in [3.63, 3.8) is 0 Å². The van der Waals surface area contributed by atoms with Crippen molar-refractivity contribution in [1.82, 2.24) is 9.80 Å². The molecule has 0 radical (unpaired) electrons. The van der Waals surface area contributed by atoms with E-state index in [-0.39, 0.29) is 30.1 Å². The van der Waals surface area contributed by atoms with Crippen LogP contribution in [0, 0.1) is 5.92 Å². The number of piperidine rings is 1. The number of benzene rings is 1. The maximum Gasteiger partial charge on any atom is 0.246 e. The molecular formula is C17H25BrClN3O2. The summed E-state index contributed by atoms with van der Waals surface area (Å²) in [5.41, 5.74) is 6.06. The lowest BCUT2D eigenvalue weighted by atomic mass is 9.89. The van der Waals surface area contributed by atoms with Gasteiger partial charge in [-0.2, -0.15) is 0 Å². The molecule has 5 nitrogen and oxygen atoms in total. The average molecular weight is 419 g/mol. The number of nitrogens with zero attached hydrogens (tertiary/aromatic N) is 2. The zero-order valence-corrected chi connectivity index (χ0v) is 16.7. The number of amides is 2. The Morgan fingerprint density at radius 3 is 2.17 bits per heavy atom. The molecule has 0 saturated carbocycles. The quantitative estimate of drug-likeness (QED) is 0.819. The van der Waals surface area contributed by atoms with Crippen LogP contribution in [-0.2, 0) is 15.1 Å². The van der Waals surface area contributed by atoms with Gasteiger partial charge in [0.25, 0.3) is 0 Å². The molecule has 1 saturated heterocycles. The molecule has 1 aromatic rings. The van der Waals surface area contributed by atoms with Gasteiger partial charge in [0, 0.05) is 37.6 Å². The Balaban J connectivity index is 0.00000288. The van der Waals surface area contributed by atoms with Crippen molar-refractivity contribution in [2.45, 2.75) is 25.3 Å². The van der Waals surface area contributed by atoms with Gasteiger partial charge >= 0.3 is 0 Å². The predicted molar refractivity (Wildman–Crippen MR) is 101 cm³/mol. The van der Waals surface area contributed by atoms with Crippen LogP contribution < -0.4 is 5.73 Å². The van der Waals surface area contributed by atoms with Crippen LogP contribution in [0.25, 0.3) is 0 Å². The SMILES string of the molecule is CN(C)C(=O)C1CCN(C(=O)C(C)(N)c2ccc(Br)cc2)CC1.Cl. The number of carbonyl (C=O) groups excluding carboxylic acids is 2. The molecule has 134 valence electrons. The topological polar surface area (TPSA) is 66.6 Å². The Morgan fingerprint density at radius 2 is 1.71 bits per heavy atom. The second-order valence-electron chi connectivity index (χ2n) is 6.51. The first kappa shape index (κ1) is 20.9. The van der Waals surface area contributed by atoms with Crippen molar-refractivity contribution >= 4 is 40.2 Å². The number of hydrogen-bond acceptors (Lipinski definition) is 3. The minimum atomic E-state index is -1.06. The van der Waals surface area contributed by atoms with E-state index in [4.69, 9.17) is 5.73 Å². The summed E-state index contributed by atoms with van der Waals surface area (Å²) < 4.78 is 0.951. The molecule has 24 heavy (non-hydrogen) atoms. The third-order valence-corrected chi connectivity index (χ3v) is 4.99. The van der Waals surface area contributed by atoms with Crippen molar-refractivity contribution in [2.24, 2.45) is 11.7 Å². The second-order valence-corrected chi connectivity index (χ2v) is 7.42. The van der Waals surface area contributed by atoms with Crippen LogP contribution in [0.5, 0.6) is 0 Å². The van der Waals surface area contributed by atoms with Crippen molar-refractivity contribution < 1.29 is 9.59 Å². The molecule has 1 aliphatic rings. The van der Waals surface area contributed by atoms with Crippen LogP contribution in [0.3, 0.4) is 0 Å². The zero-order chi connectivity index (χ0) is 17.2. The number of hydrogen-bond donors (Lipinski definition) is 1. The highest BCUT2D eigenvalue weighted by atomic mass is 79.9. The van der Waals surface area contributed by atoms with Crippen molar-refractivity contribution in [3.05, 3.63) is 34.3 Å². The Morgan fingerprint density at radius 1 is 1.21 bits per heavy atom. The number of likely N-dealkylation sites (tertiary alicyclic amines) is 1. The van der Waals surface area contributed by atoms with Gasteiger partial charge in [0.15, 0.2) is 0 Å². The lowest BCUT2D eigenvalue weighted by molar-refractivity contribution is -0.142. The molecule has 0 aliphatic carbocycles. The van der Waals surface area contributed by atoms with Gasteiger partial charge in [0.2, 0.25) is 11.8 Å². The van der Waals surface area contributed by atoms with Gasteiger partial charge in [-0.25, -0.2) is 0 Å². The average Bonchev–Trinajstić information content (AvgIpc) is 2.54. The molecule has 0 bridgehead atoms. The first-order chi connectivity index (χ1) is 10.7. The van der Waals surface area contributed by atoms with Gasteiger partial charge in [0.1, 0.15) is 5.54 Å². The monoisotopic (exact) mass is 417 g/mol. The van der Waals surface area contributed by atoms with E-state index in [0.717, 1.165) is 10.0 Å². The van der Waals surface area contributed by atoms with E-state index in [1.54, 1.807) is 30.8 Å². The molecule has 1 aliphatic heterocycles. The first-order valence-electron chi connectivity index (χ1n) is 7.79. The summed E-state index contributed by atoms with van der Waals surface area (Å²) in [4.78, 5) is 28.2. The Hall–Kier alpha value is -1.11. The van der Waals surface area contributed by atoms with Gasteiger partial charge in [0.05, 0.1) is 0 Å². The summed E-state index contributed by atoms with van der Waals surface area (Å²) in [7, 11) is 3.54. The summed E-state index contributed by atoms with van der Waals surface area (Å²) in [6.07, 6.45) is 1.39. The summed E-state index contributed by atoms with van der Waals surface area (Å²) in [5.74, 6) is 0.0573. The molecule has 1 atom stereocenters. The van der Waals surface area contributed by atoms with Crippen molar-refractivity contribution in [1.29, 1.82) is 0 Å². The van der Waals surface area contributed by atoms with E-state index in [1.807, 2.05) is 24.3 Å². The summed E-state index contributed by atoms with van der Waals surface area (Å²) >= 11 is 3.39. The maximum atomic E-state index is 12.8. The highest BCUT2D eigenvalue weighted by Gasteiger charge is 2.37. The highest BCUT2D eigenvalue weighted by molar-refractivity contribution is 9.10. The molecule has 1 aromatic carbocycles. The molecule has 7 heteroatoms. The molecule has 1 heterocycles. The van der Waals surface area contributed by atoms with E-state index < -0.39 is 5.54 Å². The minimum Gasteiger partial charge on any atom is -0.349 e. The number of nitrogens with two attached hydrogens (primary N) is 1. The molecule has 2 N–H and O–H groups in total. The first-order valence-corrected chi connectivity index (χ1v) is 8.58. The van der Waals surface area contributed by atoms with Gasteiger partial charge in [-0.15, -0.1) is 12.4 Å². The molecule has 2 rings (SSSR count). The van der Waals surface area contributed by atoms with E-state index in [1.165, 1.54) is 0 Å². The van der Waals surface area contributed by atoms with Crippen LogP contribution in [-0.4, -0.2) is 48.8 Å². The number of halogens is 2. The van der Waals surface area contributed by atoms with Crippen LogP contribution in [0.4, 0.5) is 0 Å². The van der Waals surface area contributed by atoms with E-state index in [2.05, 4.69) is 15.9 Å². The molecule has 0 spiro atoms. The third kappa shape index (κ3) is 4.49. The smallest absolute Gasteiger partial charge is 0.246 e. The fourth-order valence-corrected chi connectivity index (χ4v) is 3.21. The second kappa shape index (κ2) is 8.32. The molecule has 0 aromatic heterocycles. The third-order valence-electron chi connectivity index (χ3n) is 4.46. The summed E-state index contributed by atoms with van der Waals surface area (Å²) in [5, 5.41) is 0. The van der Waals surface area contributed by atoms with Gasteiger partial charge in [-0.05, 0) is 37.5 Å². The fourth-order valence-electron chi connectivity index (χ4n) is 2.94. The van der Waals surface area contributed by atoms with Gasteiger partial charge in [-0.1, -0.05) is 28.1 Å². The van der Waals surface area contributed by atoms with Crippen LogP contribution in [0.1, 0.15) is 25.3 Å². The van der Waals surface area contributed by atoms with E-state index >= 15 is 0 Å². The van der Waals surface area contributed by atoms with Crippen molar-refractivity contribution in [3.8, 4) is 0 Å². The zero-order valence-electron chi connectivity index (χ0n) is 14.3. The van der Waals surface area contributed by atoms with Crippen LogP contribution in [0.2, 0.25) is 0 Å². The van der Waals surface area contributed by atoms with Crippen LogP contribution >= 0.6 is 28.3 Å². The van der Waals surface area contributed by atoms with Crippen molar-refractivity contribution in [2.75, 3.05) is 27.2 Å². The molecule has 1 unspecified atom stereocenters. The molecule has 1 fully saturated rings. The fraction of sp³-hybridized carbons (Fsp3) is 0.529. The highest BCUT2D eigenvalue weighted by Crippen LogP contribution is 2.26. The molecular weight excluding hydrogens is 394 g/mol. The Kier molecular flexibility index (Phi) is 7.25.